The Morgan fingerprint density at radius 2 is 2.00 bits per heavy atom. The number of alkyl halides is 3. The van der Waals surface area contributed by atoms with Gasteiger partial charge in [0.25, 0.3) is 0 Å². The molecular weight excluding hydrogens is 261 g/mol. The second kappa shape index (κ2) is 6.27. The molecule has 1 saturated heterocycles. The number of aliphatic hydroxyl groups excluding tert-OH is 1. The van der Waals surface area contributed by atoms with Crippen LogP contribution in [0.1, 0.15) is 19.8 Å². The van der Waals surface area contributed by atoms with Crippen LogP contribution in [-0.4, -0.2) is 47.4 Å². The maximum atomic E-state index is 12.4. The summed E-state index contributed by atoms with van der Waals surface area (Å²) in [5.41, 5.74) is 0. The lowest BCUT2D eigenvalue weighted by molar-refractivity contribution is -0.222. The summed E-state index contributed by atoms with van der Waals surface area (Å²) in [7, 11) is 0. The molecule has 0 bridgehead atoms. The number of carbonyl (C=O) groups is 1. The Kier molecular flexibility index (Phi) is 5.22. The molecule has 0 spiro atoms. The molecule has 1 fully saturated rings. The maximum absolute atomic E-state index is 12.4. The van der Waals surface area contributed by atoms with Crippen molar-refractivity contribution >= 4 is 6.03 Å². The van der Waals surface area contributed by atoms with Gasteiger partial charge in [0.15, 0.2) is 6.10 Å². The molecule has 0 saturated carbocycles. The molecule has 0 aromatic carbocycles. The number of urea groups is 1. The molecule has 2 atom stereocenters. The van der Waals surface area contributed by atoms with E-state index in [1.54, 1.807) is 13.0 Å². The van der Waals surface area contributed by atoms with Gasteiger partial charge < -0.3 is 15.3 Å². The van der Waals surface area contributed by atoms with Gasteiger partial charge in [-0.1, -0.05) is 6.08 Å². The monoisotopic (exact) mass is 280 g/mol. The van der Waals surface area contributed by atoms with Crippen LogP contribution >= 0.6 is 0 Å². The molecule has 0 radical (unpaired) electrons. The molecule has 0 aromatic heterocycles. The first-order valence-electron chi connectivity index (χ1n) is 6.18. The third-order valence-corrected chi connectivity index (χ3v) is 3.31. The Morgan fingerprint density at radius 3 is 2.42 bits per heavy atom. The summed E-state index contributed by atoms with van der Waals surface area (Å²) < 4.78 is 37.1. The van der Waals surface area contributed by atoms with E-state index in [0.717, 1.165) is 0 Å². The summed E-state index contributed by atoms with van der Waals surface area (Å²) in [4.78, 5) is 13.2. The minimum atomic E-state index is -4.59. The summed E-state index contributed by atoms with van der Waals surface area (Å²) in [6.45, 7) is 5.72. The van der Waals surface area contributed by atoms with Crippen LogP contribution < -0.4 is 5.32 Å². The van der Waals surface area contributed by atoms with Crippen LogP contribution in [0.25, 0.3) is 0 Å². The molecule has 0 aromatic rings. The van der Waals surface area contributed by atoms with E-state index in [-0.39, 0.29) is 38.0 Å². The summed E-state index contributed by atoms with van der Waals surface area (Å²) in [6.07, 6.45) is -5.03. The van der Waals surface area contributed by atoms with E-state index in [0.29, 0.717) is 0 Å². The van der Waals surface area contributed by atoms with E-state index in [2.05, 4.69) is 11.9 Å². The van der Waals surface area contributed by atoms with Crippen LogP contribution in [0.5, 0.6) is 0 Å². The Hall–Kier alpha value is -1.24. The summed E-state index contributed by atoms with van der Waals surface area (Å²) in [5.74, 6) is -0.833. The largest absolute Gasteiger partial charge is 0.414 e. The predicted molar refractivity (Wildman–Crippen MR) is 64.5 cm³/mol. The van der Waals surface area contributed by atoms with Gasteiger partial charge in [-0.15, -0.1) is 6.58 Å². The molecule has 1 aliphatic heterocycles. The van der Waals surface area contributed by atoms with Crippen LogP contribution in [-0.2, 0) is 0 Å². The number of piperidine rings is 1. The van der Waals surface area contributed by atoms with Crippen molar-refractivity contribution in [1.29, 1.82) is 0 Å². The van der Waals surface area contributed by atoms with Gasteiger partial charge in [-0.2, -0.15) is 13.2 Å². The fourth-order valence-corrected chi connectivity index (χ4v) is 2.03. The number of amides is 2. The zero-order chi connectivity index (χ0) is 14.6. The third kappa shape index (κ3) is 4.41. The smallest absolute Gasteiger partial charge is 0.383 e. The molecule has 2 N–H and O–H groups in total. The normalized spacial score (nSPS) is 20.8. The lowest BCUT2D eigenvalue weighted by Crippen LogP contribution is -2.49. The van der Waals surface area contributed by atoms with Crippen molar-refractivity contribution in [3.05, 3.63) is 12.7 Å². The molecular formula is C12H19F3N2O2. The standard InChI is InChI=1S/C12H19F3N2O2/c1-3-8(2)16-11(19)17-6-4-9(5-7-17)10(18)12(13,14)15/h3,8-10,18H,1,4-7H2,2H3,(H,16,19). The van der Waals surface area contributed by atoms with Gasteiger partial charge in [0.1, 0.15) is 0 Å². The number of halogens is 3. The summed E-state index contributed by atoms with van der Waals surface area (Å²) >= 11 is 0. The SMILES string of the molecule is C=CC(C)NC(=O)N1CCC(C(O)C(F)(F)F)CC1. The van der Waals surface area contributed by atoms with E-state index >= 15 is 0 Å². The highest BCUT2D eigenvalue weighted by Crippen LogP contribution is 2.31. The highest BCUT2D eigenvalue weighted by Gasteiger charge is 2.44. The van der Waals surface area contributed by atoms with Crippen molar-refractivity contribution in [2.24, 2.45) is 5.92 Å². The van der Waals surface area contributed by atoms with Crippen molar-refractivity contribution < 1.29 is 23.1 Å². The van der Waals surface area contributed by atoms with Gasteiger partial charge in [-0.05, 0) is 25.7 Å². The molecule has 1 aliphatic rings. The molecule has 0 aliphatic carbocycles. The van der Waals surface area contributed by atoms with Crippen molar-refractivity contribution in [3.8, 4) is 0 Å². The first-order valence-corrected chi connectivity index (χ1v) is 6.18. The quantitative estimate of drug-likeness (QED) is 0.776. The number of rotatable bonds is 3. The second-order valence-corrected chi connectivity index (χ2v) is 4.78. The number of nitrogens with one attached hydrogen (secondary N) is 1. The topological polar surface area (TPSA) is 52.6 Å². The molecule has 4 nitrogen and oxygen atoms in total. The van der Waals surface area contributed by atoms with Gasteiger partial charge in [0.2, 0.25) is 0 Å². The van der Waals surface area contributed by atoms with Gasteiger partial charge in [0.05, 0.1) is 0 Å². The van der Waals surface area contributed by atoms with Gasteiger partial charge >= 0.3 is 12.2 Å². The van der Waals surface area contributed by atoms with E-state index in [9.17, 15) is 18.0 Å². The van der Waals surface area contributed by atoms with Crippen molar-refractivity contribution in [2.45, 2.75) is 38.1 Å². The maximum Gasteiger partial charge on any atom is 0.414 e. The second-order valence-electron chi connectivity index (χ2n) is 4.78. The Labute approximate surface area is 110 Å². The molecule has 19 heavy (non-hydrogen) atoms. The average molecular weight is 280 g/mol. The first-order chi connectivity index (χ1) is 8.75. The Morgan fingerprint density at radius 1 is 1.47 bits per heavy atom. The van der Waals surface area contributed by atoms with Crippen molar-refractivity contribution in [2.75, 3.05) is 13.1 Å². The number of aliphatic hydroxyl groups is 1. The van der Waals surface area contributed by atoms with Crippen LogP contribution in [0.3, 0.4) is 0 Å². The molecule has 2 amide bonds. The highest BCUT2D eigenvalue weighted by atomic mass is 19.4. The van der Waals surface area contributed by atoms with Crippen LogP contribution in [0, 0.1) is 5.92 Å². The third-order valence-electron chi connectivity index (χ3n) is 3.31. The van der Waals surface area contributed by atoms with Crippen LogP contribution in [0.4, 0.5) is 18.0 Å². The van der Waals surface area contributed by atoms with Gasteiger partial charge in [0, 0.05) is 19.1 Å². The summed E-state index contributed by atoms with van der Waals surface area (Å²) in [5, 5.41) is 11.8. The number of nitrogens with zero attached hydrogens (tertiary/aromatic N) is 1. The van der Waals surface area contributed by atoms with Crippen molar-refractivity contribution in [3.63, 3.8) is 0 Å². The van der Waals surface area contributed by atoms with Gasteiger partial charge in [-0.25, -0.2) is 4.79 Å². The minimum absolute atomic E-state index is 0.149. The van der Waals surface area contributed by atoms with Gasteiger partial charge in [-0.3, -0.25) is 0 Å². The van der Waals surface area contributed by atoms with Crippen LogP contribution in [0.15, 0.2) is 12.7 Å². The van der Waals surface area contributed by atoms with Crippen LogP contribution in [0.2, 0.25) is 0 Å². The van der Waals surface area contributed by atoms with E-state index in [4.69, 9.17) is 5.11 Å². The zero-order valence-electron chi connectivity index (χ0n) is 10.8. The molecule has 2 unspecified atom stereocenters. The fourth-order valence-electron chi connectivity index (χ4n) is 2.03. The molecule has 110 valence electrons. The minimum Gasteiger partial charge on any atom is -0.383 e. The lowest BCUT2D eigenvalue weighted by atomic mass is 9.91. The van der Waals surface area contributed by atoms with E-state index in [1.165, 1.54) is 4.90 Å². The van der Waals surface area contributed by atoms with E-state index in [1.807, 2.05) is 0 Å². The zero-order valence-corrected chi connectivity index (χ0v) is 10.8. The molecule has 7 heteroatoms. The van der Waals surface area contributed by atoms with E-state index < -0.39 is 18.2 Å². The average Bonchev–Trinajstić information content (AvgIpc) is 2.36. The molecule has 1 rings (SSSR count). The number of hydrogen-bond donors (Lipinski definition) is 2. The Bertz CT molecular complexity index is 325. The fraction of sp³-hybridized carbons (Fsp3) is 0.750. The number of carbonyl (C=O) groups excluding carboxylic acids is 1. The molecule has 1 heterocycles. The lowest BCUT2D eigenvalue weighted by Gasteiger charge is -2.35. The Balaban J connectivity index is 2.45. The summed E-state index contributed by atoms with van der Waals surface area (Å²) in [6, 6.07) is -0.502. The first kappa shape index (κ1) is 15.8. The predicted octanol–water partition coefficient (Wildman–Crippen LogP) is 1.91. The number of likely N-dealkylation sites (tertiary alicyclic amines) is 1. The highest BCUT2D eigenvalue weighted by molar-refractivity contribution is 5.74. The van der Waals surface area contributed by atoms with Crippen molar-refractivity contribution in [1.82, 2.24) is 10.2 Å². The number of hydrogen-bond acceptors (Lipinski definition) is 2.